The summed E-state index contributed by atoms with van der Waals surface area (Å²) in [5, 5.41) is 0.907. The van der Waals surface area contributed by atoms with Crippen LogP contribution in [-0.4, -0.2) is 32.4 Å². The van der Waals surface area contributed by atoms with Crippen LogP contribution in [0.25, 0.3) is 21.9 Å². The van der Waals surface area contributed by atoms with Gasteiger partial charge in [0.05, 0.1) is 29.9 Å². The van der Waals surface area contributed by atoms with Crippen LogP contribution in [0.3, 0.4) is 0 Å². The van der Waals surface area contributed by atoms with Crippen LogP contribution in [0.5, 0.6) is 5.75 Å². The Morgan fingerprint density at radius 2 is 1.93 bits per heavy atom. The number of imidazole rings is 1. The van der Waals surface area contributed by atoms with E-state index in [-0.39, 0.29) is 5.78 Å². The number of rotatable bonds is 5. The molecule has 0 aliphatic carbocycles. The molecule has 5 aromatic rings. The summed E-state index contributed by atoms with van der Waals surface area (Å²) in [5.41, 5.74) is 4.23. The lowest BCUT2D eigenvalue weighted by Crippen LogP contribution is -2.03. The van der Waals surface area contributed by atoms with Crippen molar-refractivity contribution in [1.82, 2.24) is 19.5 Å². The standard InChI is InChI=1S/C23H18N4O2/c1-29-16-8-6-15(7-9-16)13-27-14-18(17-4-2-3-5-21(17)27)22(28)23-25-19-10-11-24-12-20(19)26-23/h2-12,14H,13H2,1H3,(H,25,26). The number of aromatic nitrogens is 4. The summed E-state index contributed by atoms with van der Waals surface area (Å²) >= 11 is 0. The maximum Gasteiger partial charge on any atom is 0.230 e. The average molecular weight is 382 g/mol. The van der Waals surface area contributed by atoms with Gasteiger partial charge in [-0.15, -0.1) is 0 Å². The zero-order chi connectivity index (χ0) is 19.8. The van der Waals surface area contributed by atoms with Gasteiger partial charge in [0, 0.05) is 29.8 Å². The monoisotopic (exact) mass is 382 g/mol. The van der Waals surface area contributed by atoms with Crippen molar-refractivity contribution in [2.75, 3.05) is 7.11 Å². The molecule has 6 heteroatoms. The molecule has 142 valence electrons. The van der Waals surface area contributed by atoms with Crippen LogP contribution in [0.1, 0.15) is 21.7 Å². The number of aromatic amines is 1. The zero-order valence-electron chi connectivity index (χ0n) is 15.8. The van der Waals surface area contributed by atoms with Gasteiger partial charge in [-0.3, -0.25) is 9.78 Å². The Morgan fingerprint density at radius 1 is 1.10 bits per heavy atom. The number of nitrogens with one attached hydrogen (secondary N) is 1. The summed E-state index contributed by atoms with van der Waals surface area (Å²) in [6, 6.07) is 17.6. The SMILES string of the molecule is COc1ccc(Cn2cc(C(=O)c3nc4ccncc4[nH]3)c3ccccc32)cc1. The van der Waals surface area contributed by atoms with E-state index in [1.54, 1.807) is 25.6 Å². The Labute approximate surface area is 166 Å². The molecule has 2 aromatic carbocycles. The predicted molar refractivity (Wildman–Crippen MR) is 111 cm³/mol. The van der Waals surface area contributed by atoms with E-state index in [2.05, 4.69) is 19.5 Å². The van der Waals surface area contributed by atoms with Gasteiger partial charge >= 0.3 is 0 Å². The van der Waals surface area contributed by atoms with E-state index in [1.807, 2.05) is 54.7 Å². The highest BCUT2D eigenvalue weighted by atomic mass is 16.5. The first kappa shape index (κ1) is 17.2. The largest absolute Gasteiger partial charge is 0.497 e. The predicted octanol–water partition coefficient (Wildman–Crippen LogP) is 4.20. The van der Waals surface area contributed by atoms with Crippen LogP contribution in [0.15, 0.2) is 73.2 Å². The highest BCUT2D eigenvalue weighted by Crippen LogP contribution is 2.25. The minimum atomic E-state index is -0.133. The fourth-order valence-electron chi connectivity index (χ4n) is 3.58. The maximum absolute atomic E-state index is 13.2. The number of hydrogen-bond acceptors (Lipinski definition) is 4. The molecule has 0 fully saturated rings. The van der Waals surface area contributed by atoms with Crippen LogP contribution in [0.4, 0.5) is 0 Å². The Hall–Kier alpha value is -3.93. The molecule has 3 heterocycles. The molecule has 0 saturated carbocycles. The molecule has 0 amide bonds. The van der Waals surface area contributed by atoms with Crippen molar-refractivity contribution in [3.63, 3.8) is 0 Å². The molecule has 0 aliphatic heterocycles. The normalized spacial score (nSPS) is 11.2. The summed E-state index contributed by atoms with van der Waals surface area (Å²) in [6.07, 6.45) is 5.24. The summed E-state index contributed by atoms with van der Waals surface area (Å²) in [7, 11) is 1.65. The lowest BCUT2D eigenvalue weighted by molar-refractivity contribution is 0.103. The molecule has 0 saturated heterocycles. The van der Waals surface area contributed by atoms with E-state index in [4.69, 9.17) is 4.74 Å². The number of fused-ring (bicyclic) bond motifs is 2. The number of carbonyl (C=O) groups excluding carboxylic acids is 1. The molecular weight excluding hydrogens is 364 g/mol. The van der Waals surface area contributed by atoms with Crippen LogP contribution in [0, 0.1) is 0 Å². The van der Waals surface area contributed by atoms with E-state index in [0.717, 1.165) is 33.2 Å². The first-order chi connectivity index (χ1) is 14.2. The van der Waals surface area contributed by atoms with E-state index in [1.165, 1.54) is 0 Å². The minimum absolute atomic E-state index is 0.133. The van der Waals surface area contributed by atoms with Crippen molar-refractivity contribution in [3.8, 4) is 5.75 Å². The minimum Gasteiger partial charge on any atom is -0.497 e. The number of ether oxygens (including phenoxy) is 1. The van der Waals surface area contributed by atoms with Crippen molar-refractivity contribution >= 4 is 27.7 Å². The second-order valence-corrected chi connectivity index (χ2v) is 6.84. The fraction of sp³-hybridized carbons (Fsp3) is 0.0870. The molecule has 0 unspecified atom stereocenters. The van der Waals surface area contributed by atoms with Gasteiger partial charge in [-0.05, 0) is 29.8 Å². The van der Waals surface area contributed by atoms with Gasteiger partial charge in [0.15, 0.2) is 5.82 Å². The van der Waals surface area contributed by atoms with E-state index < -0.39 is 0 Å². The first-order valence-electron chi connectivity index (χ1n) is 9.28. The smallest absolute Gasteiger partial charge is 0.230 e. The number of benzene rings is 2. The highest BCUT2D eigenvalue weighted by Gasteiger charge is 2.19. The van der Waals surface area contributed by atoms with Gasteiger partial charge < -0.3 is 14.3 Å². The number of ketones is 1. The number of pyridine rings is 1. The molecule has 0 spiro atoms. The van der Waals surface area contributed by atoms with Crippen LogP contribution in [-0.2, 0) is 6.54 Å². The third kappa shape index (κ3) is 3.04. The second kappa shape index (κ2) is 6.91. The van der Waals surface area contributed by atoms with E-state index in [0.29, 0.717) is 17.9 Å². The number of para-hydroxylation sites is 1. The number of nitrogens with zero attached hydrogens (tertiary/aromatic N) is 3. The molecule has 0 atom stereocenters. The first-order valence-corrected chi connectivity index (χ1v) is 9.28. The fourth-order valence-corrected chi connectivity index (χ4v) is 3.58. The Morgan fingerprint density at radius 3 is 2.72 bits per heavy atom. The van der Waals surface area contributed by atoms with Crippen molar-refractivity contribution in [3.05, 3.63) is 90.1 Å². The lowest BCUT2D eigenvalue weighted by atomic mass is 10.1. The topological polar surface area (TPSA) is 72.8 Å². The third-order valence-corrected chi connectivity index (χ3v) is 5.04. The van der Waals surface area contributed by atoms with Crippen molar-refractivity contribution in [2.45, 2.75) is 6.54 Å². The Kier molecular flexibility index (Phi) is 4.09. The molecule has 6 nitrogen and oxygen atoms in total. The molecular formula is C23H18N4O2. The second-order valence-electron chi connectivity index (χ2n) is 6.84. The summed E-state index contributed by atoms with van der Waals surface area (Å²) in [6.45, 7) is 0.655. The van der Waals surface area contributed by atoms with Crippen molar-refractivity contribution in [2.24, 2.45) is 0 Å². The maximum atomic E-state index is 13.2. The van der Waals surface area contributed by atoms with Gasteiger partial charge in [0.2, 0.25) is 5.78 Å². The Bertz CT molecular complexity index is 1300. The van der Waals surface area contributed by atoms with Crippen LogP contribution in [0.2, 0.25) is 0 Å². The highest BCUT2D eigenvalue weighted by molar-refractivity contribution is 6.15. The number of H-pyrrole nitrogens is 1. The average Bonchev–Trinajstić information content (AvgIpc) is 3.36. The van der Waals surface area contributed by atoms with Crippen molar-refractivity contribution < 1.29 is 9.53 Å². The Balaban J connectivity index is 1.56. The third-order valence-electron chi connectivity index (χ3n) is 5.04. The molecule has 29 heavy (non-hydrogen) atoms. The number of methoxy groups -OCH3 is 1. The molecule has 0 radical (unpaired) electrons. The van der Waals surface area contributed by atoms with Crippen molar-refractivity contribution in [1.29, 1.82) is 0 Å². The van der Waals surface area contributed by atoms with Gasteiger partial charge in [-0.25, -0.2) is 4.98 Å². The van der Waals surface area contributed by atoms with Crippen LogP contribution < -0.4 is 4.74 Å². The molecule has 0 aliphatic rings. The number of hydrogen-bond donors (Lipinski definition) is 1. The summed E-state index contributed by atoms with van der Waals surface area (Å²) in [5.74, 6) is 1.01. The van der Waals surface area contributed by atoms with E-state index >= 15 is 0 Å². The molecule has 5 rings (SSSR count). The van der Waals surface area contributed by atoms with Gasteiger partial charge in [0.1, 0.15) is 5.75 Å². The van der Waals surface area contributed by atoms with Gasteiger partial charge in [-0.1, -0.05) is 30.3 Å². The quantitative estimate of drug-likeness (QED) is 0.463. The van der Waals surface area contributed by atoms with Gasteiger partial charge in [0.25, 0.3) is 0 Å². The zero-order valence-corrected chi connectivity index (χ0v) is 15.8. The van der Waals surface area contributed by atoms with Crippen LogP contribution >= 0.6 is 0 Å². The molecule has 1 N–H and O–H groups in total. The molecule has 3 aromatic heterocycles. The molecule has 0 bridgehead atoms. The summed E-state index contributed by atoms with van der Waals surface area (Å²) in [4.78, 5) is 24.8. The summed E-state index contributed by atoms with van der Waals surface area (Å²) < 4.78 is 7.32. The lowest BCUT2D eigenvalue weighted by Gasteiger charge is -2.06. The van der Waals surface area contributed by atoms with E-state index in [9.17, 15) is 4.79 Å². The van der Waals surface area contributed by atoms with Gasteiger partial charge in [-0.2, -0.15) is 0 Å². The number of carbonyl (C=O) groups is 1.